The number of hydrogen-bond donors (Lipinski definition) is 2. The van der Waals surface area contributed by atoms with E-state index in [1.807, 2.05) is 51.1 Å². The van der Waals surface area contributed by atoms with Gasteiger partial charge in [0.25, 0.3) is 0 Å². The van der Waals surface area contributed by atoms with Crippen LogP contribution in [-0.4, -0.2) is 48.2 Å². The maximum atomic E-state index is 12.3. The smallest absolute Gasteiger partial charge is 0.407 e. The molecule has 8 heteroatoms. The van der Waals surface area contributed by atoms with E-state index < -0.39 is 11.7 Å². The normalized spacial score (nSPS) is 17.3. The molecule has 1 aliphatic rings. The summed E-state index contributed by atoms with van der Waals surface area (Å²) in [6, 6.07) is 16.3. The molecule has 0 aliphatic carbocycles. The monoisotopic (exact) mass is 561 g/mol. The number of alkyl carbamates (subject to hydrolysis) is 1. The van der Waals surface area contributed by atoms with Crippen molar-refractivity contribution in [1.29, 1.82) is 0 Å². The fourth-order valence-corrected chi connectivity index (χ4v) is 5.53. The average Bonchev–Trinajstić information content (AvgIpc) is 2.85. The van der Waals surface area contributed by atoms with Crippen molar-refractivity contribution in [2.75, 3.05) is 19.6 Å². The molecule has 1 saturated heterocycles. The number of halogens is 2. The van der Waals surface area contributed by atoms with Gasteiger partial charge in [0.15, 0.2) is 0 Å². The Kier molecular flexibility index (Phi) is 10.5. The van der Waals surface area contributed by atoms with Crippen molar-refractivity contribution in [3.8, 4) is 0 Å². The first-order valence-electron chi connectivity index (χ1n) is 13.4. The van der Waals surface area contributed by atoms with Crippen molar-refractivity contribution < 1.29 is 14.3 Å². The highest BCUT2D eigenvalue weighted by Crippen LogP contribution is 2.35. The highest BCUT2D eigenvalue weighted by atomic mass is 35.5. The van der Waals surface area contributed by atoms with Crippen LogP contribution in [-0.2, 0) is 15.1 Å². The number of amides is 2. The molecule has 0 bridgehead atoms. The molecule has 2 unspecified atom stereocenters. The minimum atomic E-state index is -0.557. The second-order valence-electron chi connectivity index (χ2n) is 11.3. The van der Waals surface area contributed by atoms with Crippen molar-refractivity contribution in [1.82, 2.24) is 15.5 Å². The first-order chi connectivity index (χ1) is 17.9. The van der Waals surface area contributed by atoms with Crippen LogP contribution < -0.4 is 10.6 Å². The molecule has 1 fully saturated rings. The molecule has 2 aromatic carbocycles. The Morgan fingerprint density at radius 2 is 1.68 bits per heavy atom. The zero-order valence-electron chi connectivity index (χ0n) is 23.2. The van der Waals surface area contributed by atoms with Gasteiger partial charge in [-0.05, 0) is 76.6 Å². The molecule has 2 N–H and O–H groups in total. The van der Waals surface area contributed by atoms with Crippen molar-refractivity contribution in [2.45, 2.75) is 83.4 Å². The summed E-state index contributed by atoms with van der Waals surface area (Å²) in [7, 11) is 0. The lowest BCUT2D eigenvalue weighted by molar-refractivity contribution is -0.121. The number of hydrogen-bond acceptors (Lipinski definition) is 4. The van der Waals surface area contributed by atoms with Crippen LogP contribution in [0.3, 0.4) is 0 Å². The van der Waals surface area contributed by atoms with Crippen LogP contribution in [0.5, 0.6) is 0 Å². The quantitative estimate of drug-likeness (QED) is 0.349. The zero-order chi connectivity index (χ0) is 27.9. The number of likely N-dealkylation sites (tertiary alicyclic amines) is 1. The highest BCUT2D eigenvalue weighted by molar-refractivity contribution is 6.42. The Morgan fingerprint density at radius 1 is 1.03 bits per heavy atom. The summed E-state index contributed by atoms with van der Waals surface area (Å²) in [5, 5.41) is 7.20. The summed E-state index contributed by atoms with van der Waals surface area (Å²) in [4.78, 5) is 26.9. The van der Waals surface area contributed by atoms with E-state index in [4.69, 9.17) is 27.9 Å². The minimum Gasteiger partial charge on any atom is -0.444 e. The topological polar surface area (TPSA) is 70.7 Å². The first-order valence-corrected chi connectivity index (χ1v) is 14.1. The third kappa shape index (κ3) is 8.62. The molecule has 208 valence electrons. The van der Waals surface area contributed by atoms with Crippen LogP contribution in [0.2, 0.25) is 10.0 Å². The molecule has 2 atom stereocenters. The van der Waals surface area contributed by atoms with Crippen LogP contribution in [0.1, 0.15) is 77.3 Å². The Hall–Kier alpha value is -2.28. The van der Waals surface area contributed by atoms with Crippen molar-refractivity contribution >= 4 is 35.2 Å². The number of rotatable bonds is 9. The van der Waals surface area contributed by atoms with Gasteiger partial charge in [0.05, 0.1) is 15.6 Å². The Bertz CT molecular complexity index is 1080. The molecule has 0 aromatic heterocycles. The van der Waals surface area contributed by atoms with Gasteiger partial charge in [-0.25, -0.2) is 4.79 Å². The molecule has 38 heavy (non-hydrogen) atoms. The minimum absolute atomic E-state index is 0.00249. The van der Waals surface area contributed by atoms with E-state index in [0.29, 0.717) is 22.6 Å². The van der Waals surface area contributed by atoms with Gasteiger partial charge in [-0.2, -0.15) is 0 Å². The molecule has 1 aliphatic heterocycles. The average molecular weight is 563 g/mol. The van der Waals surface area contributed by atoms with Crippen molar-refractivity contribution in [3.05, 3.63) is 69.7 Å². The number of nitrogens with zero attached hydrogens (tertiary/aromatic N) is 1. The largest absolute Gasteiger partial charge is 0.444 e. The Labute approximate surface area is 237 Å². The predicted molar refractivity (Wildman–Crippen MR) is 155 cm³/mol. The van der Waals surface area contributed by atoms with Crippen LogP contribution in [0, 0.1) is 0 Å². The van der Waals surface area contributed by atoms with Gasteiger partial charge in [0, 0.05) is 38.5 Å². The molecule has 0 spiro atoms. The molecule has 1 heterocycles. The van der Waals surface area contributed by atoms with E-state index in [1.165, 1.54) is 0 Å². The number of nitrogens with one attached hydrogen (secondary N) is 2. The van der Waals surface area contributed by atoms with Gasteiger partial charge in [0.1, 0.15) is 5.60 Å². The van der Waals surface area contributed by atoms with Crippen LogP contribution in [0.25, 0.3) is 0 Å². The van der Waals surface area contributed by atoms with Crippen molar-refractivity contribution in [2.24, 2.45) is 0 Å². The second kappa shape index (κ2) is 13.2. The second-order valence-corrected chi connectivity index (χ2v) is 12.2. The Morgan fingerprint density at radius 3 is 2.26 bits per heavy atom. The number of carbonyl (C=O) groups is 2. The maximum Gasteiger partial charge on any atom is 0.407 e. The number of ether oxygens (including phenoxy) is 1. The predicted octanol–water partition coefficient (Wildman–Crippen LogP) is 6.90. The number of piperidine rings is 1. The van der Waals surface area contributed by atoms with Gasteiger partial charge >= 0.3 is 6.09 Å². The van der Waals surface area contributed by atoms with Crippen LogP contribution >= 0.6 is 23.2 Å². The molecule has 0 radical (unpaired) electrons. The lowest BCUT2D eigenvalue weighted by Gasteiger charge is -2.44. The highest BCUT2D eigenvalue weighted by Gasteiger charge is 2.38. The maximum absolute atomic E-state index is 12.3. The Balaban J connectivity index is 1.64. The summed E-state index contributed by atoms with van der Waals surface area (Å²) in [5.41, 5.74) is 1.31. The molecule has 0 saturated carbocycles. The number of benzene rings is 2. The lowest BCUT2D eigenvalue weighted by atomic mass is 9.80. The van der Waals surface area contributed by atoms with E-state index in [9.17, 15) is 9.59 Å². The summed E-state index contributed by atoms with van der Waals surface area (Å²) in [6.45, 7) is 11.6. The first kappa shape index (κ1) is 30.3. The molecular formula is C30H41Cl2N3O3. The molecule has 6 nitrogen and oxygen atoms in total. The molecular weight excluding hydrogens is 521 g/mol. The zero-order valence-corrected chi connectivity index (χ0v) is 24.7. The third-order valence-electron chi connectivity index (χ3n) is 7.26. The van der Waals surface area contributed by atoms with Crippen LogP contribution in [0.4, 0.5) is 4.79 Å². The summed E-state index contributed by atoms with van der Waals surface area (Å²) < 4.78 is 5.44. The van der Waals surface area contributed by atoms with Gasteiger partial charge in [-0.3, -0.25) is 4.79 Å². The molecule has 2 aromatic rings. The van der Waals surface area contributed by atoms with Crippen molar-refractivity contribution in [3.63, 3.8) is 0 Å². The standard InChI is InChI=1S/C30H41Cl2N3O3/c1-21(35-17-15-30(16-18-35,34-22(2)36)25-9-7-6-8-10-25)11-12-24(20-33-28(37)38-29(3,4)5)23-13-14-26(31)27(32)19-23/h6-10,13-14,19,21,24H,11-12,15-18,20H2,1-5H3,(H,33,37)(H,34,36). The fraction of sp³-hybridized carbons (Fsp3) is 0.533. The fourth-order valence-electron chi connectivity index (χ4n) is 5.23. The summed E-state index contributed by atoms with van der Waals surface area (Å²) in [5.74, 6) is 0.0598. The summed E-state index contributed by atoms with van der Waals surface area (Å²) >= 11 is 12.5. The van der Waals surface area contributed by atoms with Crippen LogP contribution in [0.15, 0.2) is 48.5 Å². The summed E-state index contributed by atoms with van der Waals surface area (Å²) in [6.07, 6.45) is 3.09. The van der Waals surface area contributed by atoms with Gasteiger partial charge in [-0.1, -0.05) is 59.6 Å². The van der Waals surface area contributed by atoms with E-state index in [1.54, 1.807) is 13.0 Å². The molecule has 2 amide bonds. The molecule has 3 rings (SSSR count). The SMILES string of the molecule is CC(=O)NC1(c2ccccc2)CCN(C(C)CCC(CNC(=O)OC(C)(C)C)c2ccc(Cl)c(Cl)c2)CC1. The number of carbonyl (C=O) groups excluding carboxylic acids is 2. The van der Waals surface area contributed by atoms with E-state index in [-0.39, 0.29) is 17.4 Å². The van der Waals surface area contributed by atoms with Gasteiger partial charge in [-0.15, -0.1) is 0 Å². The van der Waals surface area contributed by atoms with E-state index in [0.717, 1.165) is 49.9 Å². The van der Waals surface area contributed by atoms with E-state index in [2.05, 4.69) is 34.6 Å². The lowest BCUT2D eigenvalue weighted by Crippen LogP contribution is -2.54. The van der Waals surface area contributed by atoms with Gasteiger partial charge < -0.3 is 20.3 Å². The third-order valence-corrected chi connectivity index (χ3v) is 8.00. The van der Waals surface area contributed by atoms with Gasteiger partial charge in [0.2, 0.25) is 5.91 Å². The van der Waals surface area contributed by atoms with E-state index >= 15 is 0 Å².